The van der Waals surface area contributed by atoms with Crippen molar-refractivity contribution in [2.24, 2.45) is 0 Å². The molecule has 98 valence electrons. The summed E-state index contributed by atoms with van der Waals surface area (Å²) in [6.07, 6.45) is 3.53. The van der Waals surface area contributed by atoms with E-state index < -0.39 is 0 Å². The van der Waals surface area contributed by atoms with Gasteiger partial charge in [0.05, 0.1) is 31.1 Å². The first-order chi connectivity index (χ1) is 9.10. The van der Waals surface area contributed by atoms with Crippen molar-refractivity contribution in [3.05, 3.63) is 46.9 Å². The number of ether oxygens (including phenoxy) is 1. The predicted molar refractivity (Wildman–Crippen MR) is 72.9 cm³/mol. The summed E-state index contributed by atoms with van der Waals surface area (Å²) in [5, 5.41) is 0.520. The number of methoxy groups -OCH3 is 1. The first-order valence-electron chi connectivity index (χ1n) is 5.74. The third-order valence-electron chi connectivity index (χ3n) is 2.67. The lowest BCUT2D eigenvalue weighted by Crippen LogP contribution is -2.04. The van der Waals surface area contributed by atoms with Crippen molar-refractivity contribution < 1.29 is 9.53 Å². The number of aromatic nitrogens is 2. The molecule has 2 aromatic rings. The lowest BCUT2D eigenvalue weighted by Gasteiger charge is -2.06. The Morgan fingerprint density at radius 2 is 2.16 bits per heavy atom. The molecule has 19 heavy (non-hydrogen) atoms. The number of benzene rings is 1. The molecule has 1 aromatic heterocycles. The number of hydrogen-bond acceptors (Lipinski definition) is 4. The van der Waals surface area contributed by atoms with Crippen molar-refractivity contribution in [2.45, 2.75) is 13.3 Å². The Balaban J connectivity index is 2.31. The minimum Gasteiger partial charge on any atom is -0.469 e. The van der Waals surface area contributed by atoms with Crippen LogP contribution in [0.5, 0.6) is 0 Å². The summed E-state index contributed by atoms with van der Waals surface area (Å²) in [6, 6.07) is 5.45. The minimum atomic E-state index is -0.315. The molecule has 0 atom stereocenters. The van der Waals surface area contributed by atoms with Gasteiger partial charge in [-0.15, -0.1) is 0 Å². The van der Waals surface area contributed by atoms with Crippen LogP contribution in [0.25, 0.3) is 11.3 Å². The zero-order valence-corrected chi connectivity index (χ0v) is 11.4. The van der Waals surface area contributed by atoms with Gasteiger partial charge >= 0.3 is 5.97 Å². The van der Waals surface area contributed by atoms with E-state index in [4.69, 9.17) is 11.6 Å². The van der Waals surface area contributed by atoms with E-state index in [0.717, 1.165) is 22.5 Å². The highest BCUT2D eigenvalue weighted by molar-refractivity contribution is 6.31. The summed E-state index contributed by atoms with van der Waals surface area (Å²) < 4.78 is 4.62. The fourth-order valence-electron chi connectivity index (χ4n) is 1.68. The number of rotatable bonds is 3. The standard InChI is InChI=1S/C14H13ClN2O2/c1-9-7-16-8-13(17-9)11-4-3-10(12(15)5-11)6-14(18)19-2/h3-5,7-8H,6H2,1-2H3. The van der Waals surface area contributed by atoms with Crippen LogP contribution in [-0.4, -0.2) is 23.0 Å². The van der Waals surface area contributed by atoms with Crippen molar-refractivity contribution in [2.75, 3.05) is 7.11 Å². The number of esters is 1. The van der Waals surface area contributed by atoms with Gasteiger partial charge in [0.2, 0.25) is 0 Å². The summed E-state index contributed by atoms with van der Waals surface area (Å²) in [6.45, 7) is 1.88. The molecule has 1 aromatic carbocycles. The quantitative estimate of drug-likeness (QED) is 0.809. The highest BCUT2D eigenvalue weighted by Gasteiger charge is 2.09. The summed E-state index contributed by atoms with van der Waals surface area (Å²) in [4.78, 5) is 19.7. The van der Waals surface area contributed by atoms with Crippen LogP contribution in [0.15, 0.2) is 30.6 Å². The molecule has 2 rings (SSSR count). The number of nitrogens with zero attached hydrogens (tertiary/aromatic N) is 2. The third-order valence-corrected chi connectivity index (χ3v) is 3.02. The molecule has 0 unspecified atom stereocenters. The molecule has 0 saturated carbocycles. The van der Waals surface area contributed by atoms with Gasteiger partial charge in [-0.25, -0.2) is 4.98 Å². The number of carbonyl (C=O) groups is 1. The van der Waals surface area contributed by atoms with E-state index in [2.05, 4.69) is 14.7 Å². The van der Waals surface area contributed by atoms with Crippen molar-refractivity contribution in [1.82, 2.24) is 9.97 Å². The van der Waals surface area contributed by atoms with Gasteiger partial charge in [-0.2, -0.15) is 0 Å². The van der Waals surface area contributed by atoms with Crippen LogP contribution in [-0.2, 0) is 16.0 Å². The third kappa shape index (κ3) is 3.29. The molecule has 0 amide bonds. The van der Waals surface area contributed by atoms with E-state index in [1.54, 1.807) is 24.5 Å². The summed E-state index contributed by atoms with van der Waals surface area (Å²) >= 11 is 6.16. The Bertz CT molecular complexity index is 614. The van der Waals surface area contributed by atoms with E-state index in [9.17, 15) is 4.79 Å². The highest BCUT2D eigenvalue weighted by atomic mass is 35.5. The van der Waals surface area contributed by atoms with Gasteiger partial charge < -0.3 is 4.74 Å². The second kappa shape index (κ2) is 5.80. The molecule has 0 aliphatic heterocycles. The second-order valence-corrected chi connectivity index (χ2v) is 4.51. The Morgan fingerprint density at radius 3 is 2.79 bits per heavy atom. The van der Waals surface area contributed by atoms with Gasteiger partial charge in [-0.3, -0.25) is 9.78 Å². The van der Waals surface area contributed by atoms with Gasteiger partial charge in [-0.1, -0.05) is 23.7 Å². The molecule has 5 heteroatoms. The summed E-state index contributed by atoms with van der Waals surface area (Å²) in [7, 11) is 1.35. The highest BCUT2D eigenvalue weighted by Crippen LogP contribution is 2.24. The zero-order chi connectivity index (χ0) is 13.8. The SMILES string of the molecule is COC(=O)Cc1ccc(-c2cncc(C)n2)cc1Cl. The predicted octanol–water partition coefficient (Wildman–Crippen LogP) is 2.82. The van der Waals surface area contributed by atoms with Gasteiger partial charge in [0.1, 0.15) is 0 Å². The molecular formula is C14H13ClN2O2. The Morgan fingerprint density at radius 1 is 1.37 bits per heavy atom. The van der Waals surface area contributed by atoms with Gasteiger partial charge in [0.15, 0.2) is 0 Å². The van der Waals surface area contributed by atoms with Crippen LogP contribution in [0.3, 0.4) is 0 Å². The number of halogens is 1. The fourth-order valence-corrected chi connectivity index (χ4v) is 1.93. The minimum absolute atomic E-state index is 0.162. The van der Waals surface area contributed by atoms with Crippen LogP contribution < -0.4 is 0 Å². The number of carbonyl (C=O) groups excluding carboxylic acids is 1. The Kier molecular flexibility index (Phi) is 4.12. The monoisotopic (exact) mass is 276 g/mol. The van der Waals surface area contributed by atoms with E-state index in [1.165, 1.54) is 7.11 Å². The molecule has 0 aliphatic rings. The molecule has 0 saturated heterocycles. The molecular weight excluding hydrogens is 264 g/mol. The molecule has 0 spiro atoms. The van der Waals surface area contributed by atoms with E-state index in [-0.39, 0.29) is 12.4 Å². The number of hydrogen-bond donors (Lipinski definition) is 0. The topological polar surface area (TPSA) is 52.1 Å². The van der Waals surface area contributed by atoms with Gasteiger partial charge in [0.25, 0.3) is 0 Å². The first-order valence-corrected chi connectivity index (χ1v) is 6.12. The fraction of sp³-hybridized carbons (Fsp3) is 0.214. The molecule has 1 heterocycles. The molecule has 0 radical (unpaired) electrons. The van der Waals surface area contributed by atoms with E-state index in [0.29, 0.717) is 5.02 Å². The maximum atomic E-state index is 11.2. The molecule has 0 N–H and O–H groups in total. The zero-order valence-electron chi connectivity index (χ0n) is 10.7. The Labute approximate surface area is 116 Å². The summed E-state index contributed by atoms with van der Waals surface area (Å²) in [5.74, 6) is -0.315. The van der Waals surface area contributed by atoms with Crippen molar-refractivity contribution in [1.29, 1.82) is 0 Å². The molecule has 4 nitrogen and oxygen atoms in total. The van der Waals surface area contributed by atoms with Gasteiger partial charge in [-0.05, 0) is 18.6 Å². The van der Waals surface area contributed by atoms with Crippen LogP contribution >= 0.6 is 11.6 Å². The lowest BCUT2D eigenvalue weighted by atomic mass is 10.1. The maximum Gasteiger partial charge on any atom is 0.310 e. The van der Waals surface area contributed by atoms with Crippen LogP contribution in [0.1, 0.15) is 11.3 Å². The average molecular weight is 277 g/mol. The summed E-state index contributed by atoms with van der Waals surface area (Å²) in [5.41, 5.74) is 3.20. The van der Waals surface area contributed by atoms with E-state index in [1.807, 2.05) is 13.0 Å². The van der Waals surface area contributed by atoms with Gasteiger partial charge in [0, 0.05) is 16.8 Å². The normalized spacial score (nSPS) is 10.3. The maximum absolute atomic E-state index is 11.2. The number of aryl methyl sites for hydroxylation is 1. The molecule has 0 fully saturated rings. The molecule has 0 bridgehead atoms. The van der Waals surface area contributed by atoms with E-state index >= 15 is 0 Å². The van der Waals surface area contributed by atoms with Crippen LogP contribution in [0.4, 0.5) is 0 Å². The van der Waals surface area contributed by atoms with Crippen molar-refractivity contribution in [3.63, 3.8) is 0 Å². The first kappa shape index (κ1) is 13.5. The molecule has 0 aliphatic carbocycles. The van der Waals surface area contributed by atoms with Crippen LogP contribution in [0, 0.1) is 6.92 Å². The lowest BCUT2D eigenvalue weighted by molar-refractivity contribution is -0.139. The average Bonchev–Trinajstić information content (AvgIpc) is 2.41. The van der Waals surface area contributed by atoms with Crippen molar-refractivity contribution >= 4 is 17.6 Å². The Hall–Kier alpha value is -1.94. The second-order valence-electron chi connectivity index (χ2n) is 4.10. The van der Waals surface area contributed by atoms with Crippen molar-refractivity contribution in [3.8, 4) is 11.3 Å². The van der Waals surface area contributed by atoms with Crippen LogP contribution in [0.2, 0.25) is 5.02 Å². The largest absolute Gasteiger partial charge is 0.469 e. The smallest absolute Gasteiger partial charge is 0.310 e.